The highest BCUT2D eigenvalue weighted by Crippen LogP contribution is 2.35. The molecule has 2 aromatic rings. The number of hydrogen-bond acceptors (Lipinski definition) is 7. The number of anilines is 1. The van der Waals surface area contributed by atoms with Crippen LogP contribution in [0.25, 0.3) is 0 Å². The Labute approximate surface area is 198 Å². The first-order valence-corrected chi connectivity index (χ1v) is 12.6. The highest BCUT2D eigenvalue weighted by Gasteiger charge is 2.38. The van der Waals surface area contributed by atoms with Crippen LogP contribution >= 0.6 is 0 Å². The predicted octanol–water partition coefficient (Wildman–Crippen LogP) is 2.59. The van der Waals surface area contributed by atoms with Crippen LogP contribution in [-0.4, -0.2) is 55.7 Å². The number of amides is 1. The summed E-state index contributed by atoms with van der Waals surface area (Å²) in [6.45, 7) is 5.71. The monoisotopic (exact) mass is 491 g/mol. The molecule has 11 heteroatoms. The van der Waals surface area contributed by atoms with E-state index in [0.29, 0.717) is 41.4 Å². The van der Waals surface area contributed by atoms with Crippen molar-refractivity contribution in [1.29, 1.82) is 0 Å². The van der Waals surface area contributed by atoms with E-state index < -0.39 is 16.0 Å². The van der Waals surface area contributed by atoms with E-state index in [9.17, 15) is 18.0 Å². The van der Waals surface area contributed by atoms with E-state index in [4.69, 9.17) is 14.2 Å². The minimum absolute atomic E-state index is 0.0192. The van der Waals surface area contributed by atoms with Gasteiger partial charge in [-0.15, -0.1) is 0 Å². The van der Waals surface area contributed by atoms with Crippen LogP contribution in [0.1, 0.15) is 41.5 Å². The Balaban J connectivity index is 1.47. The Hall–Kier alpha value is -3.05. The normalized spacial score (nSPS) is 16.5. The molecular formula is C23H29N3O7S. The second kappa shape index (κ2) is 9.30. The quantitative estimate of drug-likeness (QED) is 0.618. The number of esters is 1. The lowest BCUT2D eigenvalue weighted by molar-refractivity contribution is -0.120. The lowest BCUT2D eigenvalue weighted by Gasteiger charge is -2.30. The van der Waals surface area contributed by atoms with Gasteiger partial charge in [0, 0.05) is 49.2 Å². The van der Waals surface area contributed by atoms with Crippen LogP contribution < -0.4 is 14.8 Å². The third-order valence-corrected chi connectivity index (χ3v) is 8.53. The molecule has 0 aliphatic carbocycles. The summed E-state index contributed by atoms with van der Waals surface area (Å²) < 4.78 is 45.9. The fourth-order valence-electron chi connectivity index (χ4n) is 4.38. The molecule has 1 saturated heterocycles. The molecular weight excluding hydrogens is 462 g/mol. The maximum Gasteiger partial charge on any atom is 0.341 e. The van der Waals surface area contributed by atoms with Crippen molar-refractivity contribution in [3.05, 3.63) is 35.2 Å². The molecule has 34 heavy (non-hydrogen) atoms. The second-order valence-electron chi connectivity index (χ2n) is 8.39. The van der Waals surface area contributed by atoms with Gasteiger partial charge in [-0.05, 0) is 45.7 Å². The van der Waals surface area contributed by atoms with E-state index in [-0.39, 0.29) is 48.8 Å². The second-order valence-corrected chi connectivity index (χ2v) is 10.3. The molecule has 1 amide bonds. The minimum atomic E-state index is -3.95. The van der Waals surface area contributed by atoms with Gasteiger partial charge in [-0.3, -0.25) is 4.79 Å². The fraction of sp³-hybridized carbons (Fsp3) is 0.478. The highest BCUT2D eigenvalue weighted by molar-refractivity contribution is 7.89. The number of rotatable bonds is 6. The molecule has 0 bridgehead atoms. The zero-order chi connectivity index (χ0) is 24.6. The molecule has 3 heterocycles. The Morgan fingerprint density at radius 1 is 1.12 bits per heavy atom. The van der Waals surface area contributed by atoms with Gasteiger partial charge in [0.1, 0.15) is 10.5 Å². The largest absolute Gasteiger partial charge is 0.462 e. The Morgan fingerprint density at radius 2 is 1.79 bits per heavy atom. The number of carbonyl (C=O) groups excluding carboxylic acids is 2. The molecule has 0 radical (unpaired) electrons. The Bertz CT molecular complexity index is 1230. The third kappa shape index (κ3) is 4.25. The van der Waals surface area contributed by atoms with Gasteiger partial charge in [-0.25, -0.2) is 13.2 Å². The maximum absolute atomic E-state index is 13.6. The average molecular weight is 492 g/mol. The number of aromatic nitrogens is 1. The average Bonchev–Trinajstić information content (AvgIpc) is 3.37. The molecule has 10 nitrogen and oxygen atoms in total. The van der Waals surface area contributed by atoms with Crippen LogP contribution in [0.5, 0.6) is 11.5 Å². The summed E-state index contributed by atoms with van der Waals surface area (Å²) >= 11 is 0. The predicted molar refractivity (Wildman–Crippen MR) is 124 cm³/mol. The summed E-state index contributed by atoms with van der Waals surface area (Å²) in [5.74, 6) is 0.0462. The van der Waals surface area contributed by atoms with Gasteiger partial charge in [0.25, 0.3) is 0 Å². The lowest BCUT2D eigenvalue weighted by Crippen LogP contribution is -2.41. The molecule has 0 spiro atoms. The molecule has 1 aromatic heterocycles. The number of benzene rings is 1. The molecule has 4 rings (SSSR count). The van der Waals surface area contributed by atoms with Crippen LogP contribution in [0.4, 0.5) is 5.69 Å². The summed E-state index contributed by atoms with van der Waals surface area (Å²) in [5.41, 5.74) is 1.68. The summed E-state index contributed by atoms with van der Waals surface area (Å²) in [4.78, 5) is 25.4. The number of nitrogens with zero attached hydrogens (tertiary/aromatic N) is 2. The van der Waals surface area contributed by atoms with Crippen molar-refractivity contribution in [3.8, 4) is 11.5 Å². The summed E-state index contributed by atoms with van der Waals surface area (Å²) in [7, 11) is -2.23. The van der Waals surface area contributed by atoms with Crippen LogP contribution in [0.2, 0.25) is 0 Å². The van der Waals surface area contributed by atoms with E-state index in [1.54, 1.807) is 50.6 Å². The number of carbonyl (C=O) groups is 2. The van der Waals surface area contributed by atoms with Crippen molar-refractivity contribution in [2.24, 2.45) is 13.0 Å². The van der Waals surface area contributed by atoms with E-state index in [0.717, 1.165) is 0 Å². The van der Waals surface area contributed by atoms with Crippen molar-refractivity contribution in [2.75, 3.05) is 31.8 Å². The van der Waals surface area contributed by atoms with E-state index >= 15 is 0 Å². The number of hydrogen-bond donors (Lipinski definition) is 1. The molecule has 0 unspecified atom stereocenters. The van der Waals surface area contributed by atoms with E-state index in [1.165, 1.54) is 4.31 Å². The molecule has 184 valence electrons. The van der Waals surface area contributed by atoms with Crippen molar-refractivity contribution >= 4 is 27.6 Å². The molecule has 0 atom stereocenters. The topological polar surface area (TPSA) is 116 Å². The van der Waals surface area contributed by atoms with E-state index in [2.05, 4.69) is 5.32 Å². The summed E-state index contributed by atoms with van der Waals surface area (Å²) in [6.07, 6.45) is 0.741. The van der Waals surface area contributed by atoms with Gasteiger partial charge in [-0.2, -0.15) is 4.31 Å². The van der Waals surface area contributed by atoms with Gasteiger partial charge < -0.3 is 24.1 Å². The zero-order valence-electron chi connectivity index (χ0n) is 19.7. The first-order chi connectivity index (χ1) is 16.1. The van der Waals surface area contributed by atoms with Crippen LogP contribution in [0.15, 0.2) is 23.1 Å². The Morgan fingerprint density at radius 3 is 2.47 bits per heavy atom. The highest BCUT2D eigenvalue weighted by atomic mass is 32.2. The molecule has 2 aliphatic heterocycles. The first-order valence-electron chi connectivity index (χ1n) is 11.2. The minimum Gasteiger partial charge on any atom is -0.462 e. The van der Waals surface area contributed by atoms with E-state index in [1.807, 2.05) is 0 Å². The van der Waals surface area contributed by atoms with Crippen molar-refractivity contribution in [2.45, 2.75) is 38.5 Å². The third-order valence-electron chi connectivity index (χ3n) is 6.47. The molecule has 1 fully saturated rings. The molecule has 1 aromatic carbocycles. The number of ether oxygens (including phenoxy) is 3. The zero-order valence-corrected chi connectivity index (χ0v) is 20.5. The van der Waals surface area contributed by atoms with Gasteiger partial charge in [-0.1, -0.05) is 0 Å². The van der Waals surface area contributed by atoms with Gasteiger partial charge in [0.05, 0.1) is 6.61 Å². The van der Waals surface area contributed by atoms with Gasteiger partial charge in [0.2, 0.25) is 22.7 Å². The van der Waals surface area contributed by atoms with Gasteiger partial charge in [0.15, 0.2) is 11.5 Å². The lowest BCUT2D eigenvalue weighted by atomic mass is 9.97. The maximum atomic E-state index is 13.6. The van der Waals surface area contributed by atoms with Gasteiger partial charge >= 0.3 is 5.97 Å². The van der Waals surface area contributed by atoms with Crippen LogP contribution in [0, 0.1) is 19.8 Å². The summed E-state index contributed by atoms with van der Waals surface area (Å²) in [5, 5.41) is 2.88. The number of sulfonamides is 1. The number of fused-ring (bicyclic) bond motifs is 1. The molecule has 0 saturated carbocycles. The van der Waals surface area contributed by atoms with Crippen LogP contribution in [0.3, 0.4) is 0 Å². The van der Waals surface area contributed by atoms with Crippen molar-refractivity contribution in [3.63, 3.8) is 0 Å². The van der Waals surface area contributed by atoms with Crippen molar-refractivity contribution < 1.29 is 32.2 Å². The smallest absolute Gasteiger partial charge is 0.341 e. The fourth-order valence-corrected chi connectivity index (χ4v) is 6.33. The van der Waals surface area contributed by atoms with Crippen LogP contribution in [-0.2, 0) is 26.6 Å². The summed E-state index contributed by atoms with van der Waals surface area (Å²) in [6, 6.07) is 5.18. The number of nitrogens with one attached hydrogen (secondary N) is 1. The Kier molecular flexibility index (Phi) is 6.59. The van der Waals surface area contributed by atoms with Crippen molar-refractivity contribution in [1.82, 2.24) is 8.87 Å². The standard InChI is InChI=1S/C23H29N3O7S/c1-5-31-23(28)20-14(2)25(4)15(3)21(20)34(29,30)26-10-8-16(9-11-26)22(27)24-17-6-7-18-19(12-17)33-13-32-18/h6-7,12,16H,5,8-11,13H2,1-4H3,(H,24,27). The molecule has 1 N–H and O–H groups in total. The molecule has 2 aliphatic rings. The number of piperidine rings is 1. The SMILES string of the molecule is CCOC(=O)c1c(S(=O)(=O)N2CCC(C(=O)Nc3ccc4c(c3)OCO4)CC2)c(C)n(C)c1C. The first kappa shape index (κ1) is 24.1.